The van der Waals surface area contributed by atoms with Crippen molar-refractivity contribution >= 4 is 27.1 Å². The zero-order valence-electron chi connectivity index (χ0n) is 15.1. The lowest BCUT2D eigenvalue weighted by molar-refractivity contribution is 0.0997. The molecule has 0 radical (unpaired) electrons. The van der Waals surface area contributed by atoms with Crippen LogP contribution in [0.2, 0.25) is 0 Å². The van der Waals surface area contributed by atoms with Crippen LogP contribution in [-0.2, 0) is 22.1 Å². The topological polar surface area (TPSA) is 68.5 Å². The van der Waals surface area contributed by atoms with Gasteiger partial charge in [-0.25, -0.2) is 8.42 Å². The van der Waals surface area contributed by atoms with Gasteiger partial charge in [-0.1, -0.05) is 42.0 Å². The second-order valence-corrected chi connectivity index (χ2v) is 9.50. The Morgan fingerprint density at radius 1 is 1.11 bits per heavy atom. The molecular weight excluding hydrogens is 380 g/mol. The summed E-state index contributed by atoms with van der Waals surface area (Å²) in [4.78, 5) is 17.4. The van der Waals surface area contributed by atoms with Crippen LogP contribution in [0.1, 0.15) is 27.0 Å². The number of carbonyl (C=O) groups is 1. The summed E-state index contributed by atoms with van der Waals surface area (Å²) in [6, 6.07) is 14.8. The van der Waals surface area contributed by atoms with E-state index in [0.717, 1.165) is 5.56 Å². The molecule has 2 aromatic carbocycles. The van der Waals surface area contributed by atoms with Gasteiger partial charge < -0.3 is 4.57 Å². The molecule has 27 heavy (non-hydrogen) atoms. The summed E-state index contributed by atoms with van der Waals surface area (Å²) in [7, 11) is -3.16. The van der Waals surface area contributed by atoms with Crippen LogP contribution >= 0.6 is 11.3 Å². The third-order valence-electron chi connectivity index (χ3n) is 3.93. The summed E-state index contributed by atoms with van der Waals surface area (Å²) in [5, 5.41) is 1.89. The van der Waals surface area contributed by atoms with Crippen molar-refractivity contribution in [1.82, 2.24) is 4.57 Å². The molecule has 0 bridgehead atoms. The van der Waals surface area contributed by atoms with Gasteiger partial charge in [0, 0.05) is 29.9 Å². The van der Waals surface area contributed by atoms with E-state index < -0.39 is 9.84 Å². The lowest BCUT2D eigenvalue weighted by Gasteiger charge is -2.04. The van der Waals surface area contributed by atoms with Gasteiger partial charge in [0.2, 0.25) is 0 Å². The van der Waals surface area contributed by atoms with Gasteiger partial charge in [-0.15, -0.1) is 11.3 Å². The molecule has 1 heterocycles. The Morgan fingerprint density at radius 2 is 1.85 bits per heavy atom. The van der Waals surface area contributed by atoms with Gasteiger partial charge in [0.25, 0.3) is 5.91 Å². The van der Waals surface area contributed by atoms with Crippen LogP contribution < -0.4 is 4.80 Å². The van der Waals surface area contributed by atoms with Gasteiger partial charge in [0.05, 0.1) is 5.75 Å². The number of nitrogens with zero attached hydrogens (tertiary/aromatic N) is 2. The first-order chi connectivity index (χ1) is 12.8. The van der Waals surface area contributed by atoms with Crippen molar-refractivity contribution in [2.24, 2.45) is 4.99 Å². The fourth-order valence-corrected chi connectivity index (χ4v) is 4.16. The molecule has 0 N–H and O–H groups in total. The van der Waals surface area contributed by atoms with Gasteiger partial charge in [-0.2, -0.15) is 4.99 Å². The molecule has 140 valence electrons. The largest absolute Gasteiger partial charge is 0.319 e. The highest BCUT2D eigenvalue weighted by molar-refractivity contribution is 7.89. The monoisotopic (exact) mass is 400 g/mol. The van der Waals surface area contributed by atoms with Crippen molar-refractivity contribution in [2.75, 3.05) is 6.26 Å². The normalized spacial score (nSPS) is 12.3. The smallest absolute Gasteiger partial charge is 0.279 e. The molecule has 3 aromatic rings. The summed E-state index contributed by atoms with van der Waals surface area (Å²) >= 11 is 1.39. The molecule has 0 aliphatic rings. The number of carbonyl (C=O) groups excluding carboxylic acids is 1. The summed E-state index contributed by atoms with van der Waals surface area (Å²) in [5.74, 6) is -0.481. The molecule has 0 atom stereocenters. The van der Waals surface area contributed by atoms with Crippen molar-refractivity contribution in [1.29, 1.82) is 0 Å². The first-order valence-corrected chi connectivity index (χ1v) is 11.3. The van der Waals surface area contributed by atoms with Crippen molar-refractivity contribution in [3.63, 3.8) is 0 Å². The Kier molecular flexibility index (Phi) is 5.72. The number of hydrogen-bond donors (Lipinski definition) is 0. The molecule has 0 aliphatic heterocycles. The van der Waals surface area contributed by atoms with E-state index in [-0.39, 0.29) is 11.7 Å². The molecule has 0 saturated carbocycles. The van der Waals surface area contributed by atoms with E-state index in [1.165, 1.54) is 23.2 Å². The average molecular weight is 401 g/mol. The average Bonchev–Trinajstić information content (AvgIpc) is 3.02. The van der Waals surface area contributed by atoms with E-state index in [9.17, 15) is 13.2 Å². The van der Waals surface area contributed by atoms with Crippen molar-refractivity contribution in [3.8, 4) is 0 Å². The number of aryl methyl sites for hydroxylation is 1. The standard InChI is InChI=1S/C20H20N2O3S2/c1-15-6-8-16(9-7-15)13-22-10-11-26-20(22)21-19(23)18-5-3-4-17(12-18)14-27(2,24)25/h3-12H,13-14H2,1-2H3. The van der Waals surface area contributed by atoms with Crippen LogP contribution in [0.5, 0.6) is 0 Å². The molecule has 3 rings (SSSR count). The van der Waals surface area contributed by atoms with Gasteiger partial charge >= 0.3 is 0 Å². The molecule has 1 amide bonds. The van der Waals surface area contributed by atoms with Crippen LogP contribution in [0, 0.1) is 6.92 Å². The van der Waals surface area contributed by atoms with Crippen LogP contribution in [0.3, 0.4) is 0 Å². The lowest BCUT2D eigenvalue weighted by atomic mass is 10.1. The van der Waals surface area contributed by atoms with Crippen LogP contribution in [-0.4, -0.2) is 25.1 Å². The van der Waals surface area contributed by atoms with Crippen molar-refractivity contribution in [3.05, 3.63) is 87.2 Å². The third kappa shape index (κ3) is 5.48. The van der Waals surface area contributed by atoms with E-state index in [0.29, 0.717) is 22.5 Å². The summed E-state index contributed by atoms with van der Waals surface area (Å²) < 4.78 is 24.9. The van der Waals surface area contributed by atoms with Crippen LogP contribution in [0.25, 0.3) is 0 Å². The summed E-state index contributed by atoms with van der Waals surface area (Å²) in [5.41, 5.74) is 3.29. The molecule has 0 saturated heterocycles. The number of hydrogen-bond acceptors (Lipinski definition) is 4. The van der Waals surface area contributed by atoms with Crippen molar-refractivity contribution in [2.45, 2.75) is 19.2 Å². The predicted octanol–water partition coefficient (Wildman–Crippen LogP) is 3.19. The summed E-state index contributed by atoms with van der Waals surface area (Å²) in [6.07, 6.45) is 3.07. The maximum absolute atomic E-state index is 12.6. The first kappa shape index (κ1) is 19.3. The van der Waals surface area contributed by atoms with Crippen LogP contribution in [0.4, 0.5) is 0 Å². The Balaban J connectivity index is 1.85. The van der Waals surface area contributed by atoms with E-state index in [1.54, 1.807) is 24.3 Å². The predicted molar refractivity (Wildman–Crippen MR) is 107 cm³/mol. The fraction of sp³-hybridized carbons (Fsp3) is 0.200. The molecule has 0 spiro atoms. The lowest BCUT2D eigenvalue weighted by Crippen LogP contribution is -2.17. The maximum atomic E-state index is 12.6. The van der Waals surface area contributed by atoms with E-state index >= 15 is 0 Å². The van der Waals surface area contributed by atoms with Gasteiger partial charge in [0.1, 0.15) is 0 Å². The highest BCUT2D eigenvalue weighted by atomic mass is 32.2. The Labute approximate surface area is 162 Å². The Morgan fingerprint density at radius 3 is 2.56 bits per heavy atom. The minimum Gasteiger partial charge on any atom is -0.319 e. The quantitative estimate of drug-likeness (QED) is 0.660. The van der Waals surface area contributed by atoms with E-state index in [1.807, 2.05) is 23.1 Å². The third-order valence-corrected chi connectivity index (χ3v) is 5.59. The van der Waals surface area contributed by atoms with E-state index in [2.05, 4.69) is 29.3 Å². The highest BCUT2D eigenvalue weighted by Gasteiger charge is 2.09. The minimum absolute atomic E-state index is 0.0967. The molecule has 0 aliphatic carbocycles. The Bertz CT molecular complexity index is 1120. The fourth-order valence-electron chi connectivity index (χ4n) is 2.65. The first-order valence-electron chi connectivity index (χ1n) is 8.35. The second-order valence-electron chi connectivity index (χ2n) is 6.49. The Hall–Kier alpha value is -2.51. The minimum atomic E-state index is -3.16. The number of rotatable bonds is 5. The van der Waals surface area contributed by atoms with Crippen molar-refractivity contribution < 1.29 is 13.2 Å². The molecular formula is C20H20N2O3S2. The maximum Gasteiger partial charge on any atom is 0.279 e. The highest BCUT2D eigenvalue weighted by Crippen LogP contribution is 2.10. The van der Waals surface area contributed by atoms with E-state index in [4.69, 9.17) is 0 Å². The molecule has 5 nitrogen and oxygen atoms in total. The number of sulfone groups is 1. The SMILES string of the molecule is Cc1ccc(Cn2ccsc2=NC(=O)c2cccc(CS(C)(=O)=O)c2)cc1. The number of benzene rings is 2. The molecule has 1 aromatic heterocycles. The molecule has 0 unspecified atom stereocenters. The summed E-state index contributed by atoms with van der Waals surface area (Å²) in [6.45, 7) is 2.67. The number of thiazole rings is 1. The van der Waals surface area contributed by atoms with Gasteiger partial charge in [-0.3, -0.25) is 4.79 Å². The van der Waals surface area contributed by atoms with Gasteiger partial charge in [-0.05, 0) is 30.2 Å². The number of aromatic nitrogens is 1. The molecule has 7 heteroatoms. The number of amides is 1. The zero-order chi connectivity index (χ0) is 19.4. The molecule has 0 fully saturated rings. The van der Waals surface area contributed by atoms with Gasteiger partial charge in [0.15, 0.2) is 14.6 Å². The zero-order valence-corrected chi connectivity index (χ0v) is 16.8. The van der Waals surface area contributed by atoms with Crippen LogP contribution in [0.15, 0.2) is 65.1 Å². The second kappa shape index (κ2) is 8.02.